The lowest BCUT2D eigenvalue weighted by Crippen LogP contribution is -2.36. The molecule has 1 aromatic heterocycles. The van der Waals surface area contributed by atoms with Crippen molar-refractivity contribution >= 4 is 46.0 Å². The summed E-state index contributed by atoms with van der Waals surface area (Å²) < 4.78 is 73.6. The second-order valence-corrected chi connectivity index (χ2v) is 10.2. The molecule has 0 saturated heterocycles. The second kappa shape index (κ2) is 10.4. The topological polar surface area (TPSA) is 120 Å². The van der Waals surface area contributed by atoms with Gasteiger partial charge in [-0.05, 0) is 78.4 Å². The minimum Gasteiger partial charge on any atom is -0.455 e. The van der Waals surface area contributed by atoms with E-state index >= 15 is 0 Å². The van der Waals surface area contributed by atoms with Crippen LogP contribution in [0.5, 0.6) is 0 Å². The van der Waals surface area contributed by atoms with Gasteiger partial charge in [-0.1, -0.05) is 0 Å². The summed E-state index contributed by atoms with van der Waals surface area (Å²) in [4.78, 5) is 12.9. The molecular weight excluding hydrogens is 536 g/mol. The first-order valence-corrected chi connectivity index (χ1v) is 13.1. The molecule has 8 nitrogen and oxygen atoms in total. The fourth-order valence-electron chi connectivity index (χ4n) is 4.64. The average Bonchev–Trinajstić information content (AvgIpc) is 3.66. The molecular formula is C26H22BF3N2O6S. The van der Waals surface area contributed by atoms with Gasteiger partial charge < -0.3 is 19.8 Å². The predicted molar refractivity (Wildman–Crippen MR) is 140 cm³/mol. The van der Waals surface area contributed by atoms with Crippen molar-refractivity contribution in [2.75, 3.05) is 11.4 Å². The number of rotatable bonds is 8. The fourth-order valence-corrected chi connectivity index (χ4v) is 5.21. The summed E-state index contributed by atoms with van der Waals surface area (Å²) >= 11 is 0. The van der Waals surface area contributed by atoms with E-state index in [0.717, 1.165) is 22.7 Å². The van der Waals surface area contributed by atoms with Crippen LogP contribution in [0.1, 0.15) is 40.2 Å². The summed E-state index contributed by atoms with van der Waals surface area (Å²) in [7, 11) is -4.33. The highest BCUT2D eigenvalue weighted by atomic mass is 32.2. The smallest absolute Gasteiger partial charge is 0.455 e. The molecule has 1 aliphatic rings. The molecule has 1 amide bonds. The van der Waals surface area contributed by atoms with Crippen LogP contribution < -0.4 is 15.1 Å². The lowest BCUT2D eigenvalue weighted by atomic mass is 9.79. The van der Waals surface area contributed by atoms with Crippen LogP contribution in [0.15, 0.2) is 52.9 Å². The Morgan fingerprint density at radius 2 is 1.72 bits per heavy atom. The van der Waals surface area contributed by atoms with E-state index in [0.29, 0.717) is 28.6 Å². The fraction of sp³-hybridized carbons (Fsp3) is 0.192. The van der Waals surface area contributed by atoms with E-state index < -0.39 is 46.8 Å². The van der Waals surface area contributed by atoms with Crippen LogP contribution in [0, 0.1) is 17.5 Å². The first kappa shape index (κ1) is 26.8. The van der Waals surface area contributed by atoms with Crippen molar-refractivity contribution in [3.05, 3.63) is 82.7 Å². The summed E-state index contributed by atoms with van der Waals surface area (Å²) in [6.45, 7) is -0.303. The molecule has 0 bridgehead atoms. The van der Waals surface area contributed by atoms with Gasteiger partial charge in [0.05, 0.1) is 23.3 Å². The highest BCUT2D eigenvalue weighted by Crippen LogP contribution is 2.45. The highest BCUT2D eigenvalue weighted by Gasteiger charge is 2.31. The van der Waals surface area contributed by atoms with Crippen LogP contribution in [0.4, 0.5) is 18.9 Å². The number of hydrogen-bond acceptors (Lipinski definition) is 6. The maximum Gasteiger partial charge on any atom is 0.494 e. The summed E-state index contributed by atoms with van der Waals surface area (Å²) in [6, 6.07) is 10.2. The third-order valence-corrected chi connectivity index (χ3v) is 7.43. The molecule has 1 aliphatic carbocycles. The van der Waals surface area contributed by atoms with Crippen LogP contribution in [0.3, 0.4) is 0 Å². The molecule has 13 heteroatoms. The van der Waals surface area contributed by atoms with Crippen LogP contribution >= 0.6 is 0 Å². The molecule has 3 N–H and O–H groups in total. The molecule has 0 spiro atoms. The molecule has 1 heterocycles. The van der Waals surface area contributed by atoms with Gasteiger partial charge in [0.15, 0.2) is 0 Å². The number of halogens is 3. The number of benzene rings is 3. The van der Waals surface area contributed by atoms with E-state index in [1.54, 1.807) is 12.1 Å². The number of amides is 1. The summed E-state index contributed by atoms with van der Waals surface area (Å²) in [5, 5.41) is 21.5. The Hall–Kier alpha value is -3.81. The van der Waals surface area contributed by atoms with Crippen molar-refractivity contribution in [3.63, 3.8) is 0 Å². The number of carbonyl (C=O) groups excluding carboxylic acids is 1. The van der Waals surface area contributed by atoms with Crippen molar-refractivity contribution in [1.82, 2.24) is 5.32 Å². The van der Waals surface area contributed by atoms with Crippen LogP contribution in [-0.4, -0.2) is 38.5 Å². The van der Waals surface area contributed by atoms with Gasteiger partial charge in [-0.15, -0.1) is 0 Å². The number of thiol groups is 1. The van der Waals surface area contributed by atoms with Gasteiger partial charge in [-0.2, -0.15) is 0 Å². The summed E-state index contributed by atoms with van der Waals surface area (Å²) in [6.07, 6.45) is 1.65. The number of anilines is 1. The quantitative estimate of drug-likeness (QED) is 0.195. The highest BCUT2D eigenvalue weighted by molar-refractivity contribution is 7.74. The molecule has 0 radical (unpaired) electrons. The molecule has 0 aliphatic heterocycles. The minimum atomic E-state index is -3.38. The van der Waals surface area contributed by atoms with E-state index in [1.165, 1.54) is 31.3 Å². The zero-order valence-corrected chi connectivity index (χ0v) is 21.3. The van der Waals surface area contributed by atoms with E-state index in [2.05, 4.69) is 5.32 Å². The zero-order chi connectivity index (χ0) is 28.0. The summed E-state index contributed by atoms with van der Waals surface area (Å²) in [5.41, 5.74) is 0.882. The number of carbonyl (C=O) groups is 1. The van der Waals surface area contributed by atoms with Crippen molar-refractivity contribution in [2.45, 2.75) is 25.3 Å². The maximum absolute atomic E-state index is 14.4. The van der Waals surface area contributed by atoms with Crippen molar-refractivity contribution in [3.8, 4) is 11.3 Å². The van der Waals surface area contributed by atoms with Gasteiger partial charge in [0.1, 0.15) is 28.8 Å². The Bertz CT molecular complexity index is 1640. The SMILES string of the molecule is CNC(=O)c1c(-c2ccc(F)cc2)oc2cc(CN(c3cc(F)c(B(O)O)c(F)c3)[SH](=O)=O)c(C3CC3)cc12. The van der Waals surface area contributed by atoms with Crippen molar-refractivity contribution < 1.29 is 40.8 Å². The molecule has 4 aromatic rings. The Labute approximate surface area is 222 Å². The van der Waals surface area contributed by atoms with E-state index in [-0.39, 0.29) is 35.1 Å². The Kier molecular flexibility index (Phi) is 7.14. The summed E-state index contributed by atoms with van der Waals surface area (Å²) in [5.74, 6) is -3.23. The van der Waals surface area contributed by atoms with Gasteiger partial charge in [-0.25, -0.2) is 21.6 Å². The number of fused-ring (bicyclic) bond motifs is 1. The maximum atomic E-state index is 14.4. The average molecular weight is 558 g/mol. The molecule has 0 atom stereocenters. The first-order chi connectivity index (χ1) is 18.6. The second-order valence-electron chi connectivity index (χ2n) is 9.21. The van der Waals surface area contributed by atoms with Gasteiger partial charge in [0.25, 0.3) is 5.91 Å². The predicted octanol–water partition coefficient (Wildman–Crippen LogP) is 2.97. The standard InChI is InChI=1S/C26H22BF3N2O6S/c1-31-26(33)23-19-11-18(13-2-3-13)15(8-22(19)38-25(23)14-4-6-16(28)7-5-14)12-32(39(36)37)17-9-20(29)24(27(34)35)21(30)10-17/h4-11,13,34-35,39H,2-3,12H2,1H3,(H,31,33). The normalized spacial score (nSPS) is 13.2. The Morgan fingerprint density at radius 3 is 2.26 bits per heavy atom. The lowest BCUT2D eigenvalue weighted by molar-refractivity contribution is 0.0964. The molecule has 5 rings (SSSR count). The van der Waals surface area contributed by atoms with Crippen LogP contribution in [0.2, 0.25) is 0 Å². The lowest BCUT2D eigenvalue weighted by Gasteiger charge is -2.21. The zero-order valence-electron chi connectivity index (χ0n) is 20.5. The van der Waals surface area contributed by atoms with E-state index in [4.69, 9.17) is 4.42 Å². The Morgan fingerprint density at radius 1 is 1.08 bits per heavy atom. The van der Waals surface area contributed by atoms with Crippen molar-refractivity contribution in [2.24, 2.45) is 0 Å². The molecule has 3 aromatic carbocycles. The van der Waals surface area contributed by atoms with Crippen molar-refractivity contribution in [1.29, 1.82) is 0 Å². The monoisotopic (exact) mass is 558 g/mol. The molecule has 39 heavy (non-hydrogen) atoms. The molecule has 202 valence electrons. The van der Waals surface area contributed by atoms with Gasteiger partial charge in [0.2, 0.25) is 10.9 Å². The van der Waals surface area contributed by atoms with E-state index in [1.807, 2.05) is 0 Å². The largest absolute Gasteiger partial charge is 0.494 e. The van der Waals surface area contributed by atoms with E-state index in [9.17, 15) is 36.4 Å². The third-order valence-electron chi connectivity index (χ3n) is 6.66. The van der Waals surface area contributed by atoms with Gasteiger partial charge in [-0.3, -0.25) is 9.10 Å². The molecule has 1 fully saturated rings. The number of nitrogens with one attached hydrogen (secondary N) is 1. The number of nitrogens with zero attached hydrogens (tertiary/aromatic N) is 1. The van der Waals surface area contributed by atoms with Gasteiger partial charge >= 0.3 is 7.12 Å². The van der Waals surface area contributed by atoms with Crippen LogP contribution in [0.25, 0.3) is 22.3 Å². The third kappa shape index (κ3) is 5.12. The molecule has 1 saturated carbocycles. The first-order valence-electron chi connectivity index (χ1n) is 11.9. The number of furan rings is 1. The molecule has 0 unspecified atom stereocenters. The number of hydrogen-bond donors (Lipinski definition) is 4. The van der Waals surface area contributed by atoms with Gasteiger partial charge in [0, 0.05) is 18.0 Å². The Balaban J connectivity index is 1.65. The van der Waals surface area contributed by atoms with Crippen LogP contribution in [-0.2, 0) is 17.4 Å². The minimum absolute atomic E-state index is 0.0814.